The highest BCUT2D eigenvalue weighted by Crippen LogP contribution is 2.26. The fourth-order valence-electron chi connectivity index (χ4n) is 3.25. The standard InChI is InChI=1S/C24H24N4O2S/c1-16-11-12-17(2)20(13-16)25-23(29)15-31-24-27-26-22(28(24)3)14-30-21-10-6-8-18-7-4-5-9-19(18)21/h4-13H,14-15H2,1-3H3,(H,25,29). The molecule has 0 bridgehead atoms. The maximum absolute atomic E-state index is 12.4. The van der Waals surface area contributed by atoms with Gasteiger partial charge in [-0.3, -0.25) is 4.79 Å². The minimum absolute atomic E-state index is 0.0738. The van der Waals surface area contributed by atoms with Gasteiger partial charge in [-0.25, -0.2) is 0 Å². The zero-order valence-corrected chi connectivity index (χ0v) is 18.6. The number of ether oxygens (including phenoxy) is 1. The average molecular weight is 433 g/mol. The van der Waals surface area contributed by atoms with Crippen LogP contribution in [0.25, 0.3) is 10.8 Å². The minimum Gasteiger partial charge on any atom is -0.485 e. The molecule has 0 aliphatic heterocycles. The van der Waals surface area contributed by atoms with Crippen molar-refractivity contribution in [1.82, 2.24) is 14.8 Å². The van der Waals surface area contributed by atoms with E-state index in [0.717, 1.165) is 33.3 Å². The first-order chi connectivity index (χ1) is 15.0. The van der Waals surface area contributed by atoms with Gasteiger partial charge in [-0.1, -0.05) is 60.3 Å². The Balaban J connectivity index is 1.37. The molecule has 1 aromatic heterocycles. The summed E-state index contributed by atoms with van der Waals surface area (Å²) in [5.41, 5.74) is 2.99. The summed E-state index contributed by atoms with van der Waals surface area (Å²) in [4.78, 5) is 12.4. The molecule has 3 aromatic carbocycles. The Morgan fingerprint density at radius 3 is 2.74 bits per heavy atom. The maximum Gasteiger partial charge on any atom is 0.234 e. The molecule has 0 aliphatic carbocycles. The van der Waals surface area contributed by atoms with E-state index >= 15 is 0 Å². The smallest absolute Gasteiger partial charge is 0.234 e. The molecule has 31 heavy (non-hydrogen) atoms. The molecular weight excluding hydrogens is 408 g/mol. The number of aryl methyl sites for hydroxylation is 2. The molecule has 0 aliphatic rings. The molecule has 4 aromatic rings. The van der Waals surface area contributed by atoms with Crippen molar-refractivity contribution >= 4 is 34.1 Å². The Hall–Kier alpha value is -3.32. The lowest BCUT2D eigenvalue weighted by molar-refractivity contribution is -0.113. The number of carbonyl (C=O) groups is 1. The molecule has 0 spiro atoms. The van der Waals surface area contributed by atoms with Crippen molar-refractivity contribution in [2.24, 2.45) is 7.05 Å². The molecule has 6 nitrogen and oxygen atoms in total. The summed E-state index contributed by atoms with van der Waals surface area (Å²) in [6.45, 7) is 4.28. The largest absolute Gasteiger partial charge is 0.485 e. The molecule has 0 atom stereocenters. The maximum atomic E-state index is 12.4. The summed E-state index contributed by atoms with van der Waals surface area (Å²) in [5, 5.41) is 14.3. The van der Waals surface area contributed by atoms with E-state index < -0.39 is 0 Å². The molecule has 1 amide bonds. The lowest BCUT2D eigenvalue weighted by atomic mass is 10.1. The summed E-state index contributed by atoms with van der Waals surface area (Å²) in [5.74, 6) is 1.69. The molecule has 1 N–H and O–H groups in total. The molecule has 1 heterocycles. The van der Waals surface area contributed by atoms with Crippen LogP contribution in [0, 0.1) is 13.8 Å². The van der Waals surface area contributed by atoms with E-state index in [1.165, 1.54) is 11.8 Å². The van der Waals surface area contributed by atoms with Crippen molar-refractivity contribution in [2.75, 3.05) is 11.1 Å². The van der Waals surface area contributed by atoms with Crippen LogP contribution in [0.3, 0.4) is 0 Å². The Labute approximate surface area is 185 Å². The van der Waals surface area contributed by atoms with Crippen molar-refractivity contribution in [3.63, 3.8) is 0 Å². The number of hydrogen-bond acceptors (Lipinski definition) is 5. The van der Waals surface area contributed by atoms with Crippen molar-refractivity contribution in [3.8, 4) is 5.75 Å². The minimum atomic E-state index is -0.0738. The second kappa shape index (κ2) is 9.22. The van der Waals surface area contributed by atoms with Gasteiger partial charge in [0.2, 0.25) is 5.91 Å². The fraction of sp³-hybridized carbons (Fsp3) is 0.208. The first-order valence-electron chi connectivity index (χ1n) is 10.00. The van der Waals surface area contributed by atoms with E-state index in [-0.39, 0.29) is 11.7 Å². The number of benzene rings is 3. The Kier molecular flexibility index (Phi) is 6.23. The monoisotopic (exact) mass is 432 g/mol. The Bertz CT molecular complexity index is 1230. The van der Waals surface area contributed by atoms with E-state index in [9.17, 15) is 4.79 Å². The van der Waals surface area contributed by atoms with E-state index in [1.807, 2.05) is 74.0 Å². The number of amides is 1. The van der Waals surface area contributed by atoms with E-state index in [1.54, 1.807) is 0 Å². The summed E-state index contributed by atoms with van der Waals surface area (Å²) >= 11 is 1.35. The lowest BCUT2D eigenvalue weighted by Gasteiger charge is -2.10. The first kappa shape index (κ1) is 20.9. The second-order valence-electron chi connectivity index (χ2n) is 7.38. The van der Waals surface area contributed by atoms with Gasteiger partial charge in [0.05, 0.1) is 5.75 Å². The number of rotatable bonds is 7. The topological polar surface area (TPSA) is 69.0 Å². The predicted molar refractivity (Wildman–Crippen MR) is 125 cm³/mol. The Morgan fingerprint density at radius 2 is 1.87 bits per heavy atom. The average Bonchev–Trinajstić information content (AvgIpc) is 3.12. The predicted octanol–water partition coefficient (Wildman–Crippen LogP) is 4.89. The number of carbonyl (C=O) groups excluding carboxylic acids is 1. The van der Waals surface area contributed by atoms with Gasteiger partial charge in [0, 0.05) is 18.1 Å². The highest BCUT2D eigenvalue weighted by Gasteiger charge is 2.13. The number of hydrogen-bond donors (Lipinski definition) is 1. The van der Waals surface area contributed by atoms with Gasteiger partial charge in [0.25, 0.3) is 0 Å². The Morgan fingerprint density at radius 1 is 1.06 bits per heavy atom. The van der Waals surface area contributed by atoms with E-state index in [4.69, 9.17) is 4.74 Å². The number of thioether (sulfide) groups is 1. The normalized spacial score (nSPS) is 10.9. The lowest BCUT2D eigenvalue weighted by Crippen LogP contribution is -2.15. The molecule has 0 unspecified atom stereocenters. The number of nitrogens with one attached hydrogen (secondary N) is 1. The molecule has 0 saturated heterocycles. The van der Waals surface area contributed by atoms with Crippen LogP contribution in [-0.4, -0.2) is 26.4 Å². The van der Waals surface area contributed by atoms with Crippen LogP contribution in [0.4, 0.5) is 5.69 Å². The van der Waals surface area contributed by atoms with Crippen molar-refractivity contribution in [3.05, 3.63) is 77.6 Å². The van der Waals surface area contributed by atoms with Gasteiger partial charge in [-0.05, 0) is 42.5 Å². The van der Waals surface area contributed by atoms with Gasteiger partial charge in [0.1, 0.15) is 12.4 Å². The van der Waals surface area contributed by atoms with Gasteiger partial charge in [0.15, 0.2) is 11.0 Å². The van der Waals surface area contributed by atoms with E-state index in [0.29, 0.717) is 17.6 Å². The molecule has 0 radical (unpaired) electrons. The number of aromatic nitrogens is 3. The summed E-state index contributed by atoms with van der Waals surface area (Å²) in [6, 6.07) is 20.1. The third-order valence-electron chi connectivity index (χ3n) is 5.03. The van der Waals surface area contributed by atoms with Crippen LogP contribution in [0.2, 0.25) is 0 Å². The molecule has 4 rings (SSSR count). The molecule has 158 valence electrons. The second-order valence-corrected chi connectivity index (χ2v) is 8.32. The van der Waals surface area contributed by atoms with Crippen LogP contribution >= 0.6 is 11.8 Å². The molecule has 7 heteroatoms. The highest BCUT2D eigenvalue weighted by molar-refractivity contribution is 7.99. The zero-order chi connectivity index (χ0) is 21.8. The number of anilines is 1. The molecule has 0 fully saturated rings. The summed E-state index contributed by atoms with van der Waals surface area (Å²) in [7, 11) is 1.88. The van der Waals surface area contributed by atoms with Gasteiger partial charge < -0.3 is 14.6 Å². The van der Waals surface area contributed by atoms with Gasteiger partial charge in [-0.2, -0.15) is 0 Å². The van der Waals surface area contributed by atoms with E-state index in [2.05, 4.69) is 27.6 Å². The van der Waals surface area contributed by atoms with Crippen LogP contribution in [0.15, 0.2) is 65.8 Å². The van der Waals surface area contributed by atoms with Crippen LogP contribution in [0.1, 0.15) is 17.0 Å². The first-order valence-corrected chi connectivity index (χ1v) is 11.0. The van der Waals surface area contributed by atoms with Crippen molar-refractivity contribution in [2.45, 2.75) is 25.6 Å². The highest BCUT2D eigenvalue weighted by atomic mass is 32.2. The molecular formula is C24H24N4O2S. The summed E-state index contributed by atoms with van der Waals surface area (Å²) < 4.78 is 7.88. The third kappa shape index (κ3) is 4.88. The molecule has 0 saturated carbocycles. The third-order valence-corrected chi connectivity index (χ3v) is 6.05. The van der Waals surface area contributed by atoms with Crippen LogP contribution in [-0.2, 0) is 18.4 Å². The van der Waals surface area contributed by atoms with Crippen LogP contribution in [0.5, 0.6) is 5.75 Å². The van der Waals surface area contributed by atoms with Gasteiger partial charge >= 0.3 is 0 Å². The quantitative estimate of drug-likeness (QED) is 0.421. The zero-order valence-electron chi connectivity index (χ0n) is 17.8. The van der Waals surface area contributed by atoms with Crippen molar-refractivity contribution < 1.29 is 9.53 Å². The van der Waals surface area contributed by atoms with Gasteiger partial charge in [-0.15, -0.1) is 10.2 Å². The SMILES string of the molecule is Cc1ccc(C)c(NC(=O)CSc2nnc(COc3cccc4ccccc34)n2C)c1. The van der Waals surface area contributed by atoms with Crippen LogP contribution < -0.4 is 10.1 Å². The number of nitrogens with zero attached hydrogens (tertiary/aromatic N) is 3. The number of fused-ring (bicyclic) bond motifs is 1. The van der Waals surface area contributed by atoms with Crippen molar-refractivity contribution in [1.29, 1.82) is 0 Å². The summed E-state index contributed by atoms with van der Waals surface area (Å²) in [6.07, 6.45) is 0. The fourth-order valence-corrected chi connectivity index (χ4v) is 3.98.